The Kier molecular flexibility index (Phi) is 4.19. The zero-order valence-electron chi connectivity index (χ0n) is 12.4. The van der Waals surface area contributed by atoms with Gasteiger partial charge < -0.3 is 4.74 Å². The van der Waals surface area contributed by atoms with Crippen LogP contribution in [0.25, 0.3) is 0 Å². The Labute approximate surface area is 133 Å². The molecule has 0 aromatic heterocycles. The molecule has 0 radical (unpaired) electrons. The topological polar surface area (TPSA) is 63.7 Å². The summed E-state index contributed by atoms with van der Waals surface area (Å²) in [4.78, 5) is 37.3. The molecule has 0 spiro atoms. The molecular formula is C18H15NO4. The van der Waals surface area contributed by atoms with Crippen LogP contribution in [0.2, 0.25) is 0 Å². The number of fused-ring (bicyclic) bond motifs is 1. The number of para-hydroxylation sites is 1. The minimum absolute atomic E-state index is 0.141. The summed E-state index contributed by atoms with van der Waals surface area (Å²) < 4.78 is 5.17. The average Bonchev–Trinajstić information content (AvgIpc) is 2.81. The Bertz CT molecular complexity index is 720. The van der Waals surface area contributed by atoms with Crippen LogP contribution in [-0.4, -0.2) is 29.2 Å². The van der Waals surface area contributed by atoms with E-state index in [1.807, 2.05) is 6.07 Å². The minimum atomic E-state index is -0.382. The van der Waals surface area contributed by atoms with Gasteiger partial charge in [-0.25, -0.2) is 0 Å². The van der Waals surface area contributed by atoms with Crippen LogP contribution in [-0.2, 0) is 4.79 Å². The van der Waals surface area contributed by atoms with Gasteiger partial charge in [0.25, 0.3) is 11.8 Å². The highest BCUT2D eigenvalue weighted by Gasteiger charge is 2.34. The van der Waals surface area contributed by atoms with Crippen LogP contribution >= 0.6 is 0 Å². The normalized spacial score (nSPS) is 13.1. The average molecular weight is 309 g/mol. The van der Waals surface area contributed by atoms with E-state index < -0.39 is 0 Å². The lowest BCUT2D eigenvalue weighted by Crippen LogP contribution is -2.31. The summed E-state index contributed by atoms with van der Waals surface area (Å²) >= 11 is 0. The van der Waals surface area contributed by atoms with Crippen LogP contribution in [0.3, 0.4) is 0 Å². The molecule has 0 saturated carbocycles. The Hall–Kier alpha value is -2.95. The zero-order chi connectivity index (χ0) is 16.2. The first-order valence-corrected chi connectivity index (χ1v) is 7.38. The van der Waals surface area contributed by atoms with E-state index in [1.165, 1.54) is 4.90 Å². The summed E-state index contributed by atoms with van der Waals surface area (Å²) in [5, 5.41) is 0. The molecule has 0 atom stereocenters. The lowest BCUT2D eigenvalue weighted by Gasteiger charge is -2.13. The molecule has 23 heavy (non-hydrogen) atoms. The van der Waals surface area contributed by atoms with Crippen LogP contribution in [0.15, 0.2) is 54.6 Å². The van der Waals surface area contributed by atoms with E-state index in [-0.39, 0.29) is 30.7 Å². The molecule has 0 bridgehead atoms. The van der Waals surface area contributed by atoms with Gasteiger partial charge in [0.15, 0.2) is 0 Å². The van der Waals surface area contributed by atoms with E-state index in [1.54, 1.807) is 48.5 Å². The maximum atomic E-state index is 12.2. The SMILES string of the molecule is O=C(CCCN1C(=O)c2ccccc2C1=O)Oc1ccccc1. The number of amides is 2. The smallest absolute Gasteiger partial charge is 0.311 e. The molecule has 0 fully saturated rings. The van der Waals surface area contributed by atoms with Gasteiger partial charge in [0.05, 0.1) is 11.1 Å². The van der Waals surface area contributed by atoms with Crippen LogP contribution in [0, 0.1) is 0 Å². The van der Waals surface area contributed by atoms with Crippen LogP contribution in [0.1, 0.15) is 33.6 Å². The van der Waals surface area contributed by atoms with Gasteiger partial charge in [0.2, 0.25) is 0 Å². The van der Waals surface area contributed by atoms with Crippen molar-refractivity contribution in [2.75, 3.05) is 6.54 Å². The molecule has 5 nitrogen and oxygen atoms in total. The molecule has 0 saturated heterocycles. The molecule has 1 aliphatic rings. The third-order valence-electron chi connectivity index (χ3n) is 3.62. The monoisotopic (exact) mass is 309 g/mol. The van der Waals surface area contributed by atoms with Crippen molar-refractivity contribution in [1.29, 1.82) is 0 Å². The standard InChI is InChI=1S/C18H15NO4/c20-16(23-13-7-2-1-3-8-13)11-6-12-19-17(21)14-9-4-5-10-15(14)18(19)22/h1-5,7-10H,6,11-12H2. The van der Waals surface area contributed by atoms with E-state index in [4.69, 9.17) is 4.74 Å². The zero-order valence-corrected chi connectivity index (χ0v) is 12.4. The molecule has 2 aromatic carbocycles. The van der Waals surface area contributed by atoms with Crippen molar-refractivity contribution in [2.45, 2.75) is 12.8 Å². The quantitative estimate of drug-likeness (QED) is 0.484. The third-order valence-corrected chi connectivity index (χ3v) is 3.62. The van der Waals surface area contributed by atoms with Gasteiger partial charge in [-0.1, -0.05) is 30.3 Å². The number of hydrogen-bond donors (Lipinski definition) is 0. The summed E-state index contributed by atoms with van der Waals surface area (Å²) in [6, 6.07) is 15.5. The fourth-order valence-corrected chi connectivity index (χ4v) is 2.49. The van der Waals surface area contributed by atoms with Crippen molar-refractivity contribution >= 4 is 17.8 Å². The number of benzene rings is 2. The van der Waals surface area contributed by atoms with Crippen LogP contribution in [0.4, 0.5) is 0 Å². The maximum absolute atomic E-state index is 12.2. The molecule has 2 amide bonds. The maximum Gasteiger partial charge on any atom is 0.311 e. The molecule has 5 heteroatoms. The molecule has 3 rings (SSSR count). The second-order valence-corrected chi connectivity index (χ2v) is 5.20. The number of esters is 1. The van der Waals surface area contributed by atoms with Gasteiger partial charge in [-0.2, -0.15) is 0 Å². The van der Waals surface area contributed by atoms with E-state index >= 15 is 0 Å². The van der Waals surface area contributed by atoms with Crippen molar-refractivity contribution in [3.63, 3.8) is 0 Å². The van der Waals surface area contributed by atoms with Crippen molar-refractivity contribution in [3.8, 4) is 5.75 Å². The molecular weight excluding hydrogens is 294 g/mol. The van der Waals surface area contributed by atoms with E-state index in [9.17, 15) is 14.4 Å². The first-order valence-electron chi connectivity index (χ1n) is 7.38. The molecule has 1 heterocycles. The summed E-state index contributed by atoms with van der Waals surface area (Å²) in [5.41, 5.74) is 0.841. The molecule has 0 N–H and O–H groups in total. The fourth-order valence-electron chi connectivity index (χ4n) is 2.49. The number of ether oxygens (including phenoxy) is 1. The third kappa shape index (κ3) is 3.13. The van der Waals surface area contributed by atoms with Crippen molar-refractivity contribution in [2.24, 2.45) is 0 Å². The Balaban J connectivity index is 1.53. The highest BCUT2D eigenvalue weighted by atomic mass is 16.5. The Morgan fingerprint density at radius 1 is 0.870 bits per heavy atom. The molecule has 116 valence electrons. The first-order chi connectivity index (χ1) is 11.2. The minimum Gasteiger partial charge on any atom is -0.427 e. The number of imide groups is 1. The molecule has 2 aromatic rings. The number of hydrogen-bond acceptors (Lipinski definition) is 4. The Morgan fingerprint density at radius 2 is 1.43 bits per heavy atom. The largest absolute Gasteiger partial charge is 0.427 e. The molecule has 1 aliphatic heterocycles. The summed E-state index contributed by atoms with van der Waals surface area (Å²) in [6.45, 7) is 0.205. The van der Waals surface area contributed by atoms with Crippen molar-refractivity contribution < 1.29 is 19.1 Å². The summed E-state index contributed by atoms with van der Waals surface area (Å²) in [6.07, 6.45) is 0.513. The Morgan fingerprint density at radius 3 is 2.04 bits per heavy atom. The van der Waals surface area contributed by atoms with E-state index in [0.717, 1.165) is 0 Å². The number of rotatable bonds is 5. The fraction of sp³-hybridized carbons (Fsp3) is 0.167. The predicted molar refractivity (Wildman–Crippen MR) is 83.1 cm³/mol. The van der Waals surface area contributed by atoms with Gasteiger partial charge in [0, 0.05) is 13.0 Å². The van der Waals surface area contributed by atoms with Gasteiger partial charge >= 0.3 is 5.97 Å². The van der Waals surface area contributed by atoms with Crippen LogP contribution in [0.5, 0.6) is 5.75 Å². The second kappa shape index (κ2) is 6.44. The number of carbonyl (C=O) groups excluding carboxylic acids is 3. The lowest BCUT2D eigenvalue weighted by molar-refractivity contribution is -0.134. The van der Waals surface area contributed by atoms with Gasteiger partial charge in [-0.3, -0.25) is 19.3 Å². The van der Waals surface area contributed by atoms with Gasteiger partial charge in [-0.05, 0) is 30.7 Å². The van der Waals surface area contributed by atoms with E-state index in [0.29, 0.717) is 23.3 Å². The van der Waals surface area contributed by atoms with Crippen molar-refractivity contribution in [3.05, 3.63) is 65.7 Å². The number of carbonyl (C=O) groups is 3. The second-order valence-electron chi connectivity index (χ2n) is 5.20. The lowest BCUT2D eigenvalue weighted by atomic mass is 10.1. The van der Waals surface area contributed by atoms with Gasteiger partial charge in [-0.15, -0.1) is 0 Å². The van der Waals surface area contributed by atoms with E-state index in [2.05, 4.69) is 0 Å². The van der Waals surface area contributed by atoms with Crippen molar-refractivity contribution in [1.82, 2.24) is 4.90 Å². The van der Waals surface area contributed by atoms with Gasteiger partial charge in [0.1, 0.15) is 5.75 Å². The molecule has 0 aliphatic carbocycles. The predicted octanol–water partition coefficient (Wildman–Crippen LogP) is 2.67. The highest BCUT2D eigenvalue weighted by molar-refractivity contribution is 6.21. The molecule has 0 unspecified atom stereocenters. The summed E-state index contributed by atoms with van der Waals surface area (Å²) in [7, 11) is 0. The highest BCUT2D eigenvalue weighted by Crippen LogP contribution is 2.22. The van der Waals surface area contributed by atoms with Crippen LogP contribution < -0.4 is 4.74 Å². The first kappa shape index (κ1) is 15.0. The summed E-state index contributed by atoms with van der Waals surface area (Å²) in [5.74, 6) is -0.505. The number of nitrogens with zero attached hydrogens (tertiary/aromatic N) is 1.